The molecule has 1 heterocycles. The van der Waals surface area contributed by atoms with Crippen molar-refractivity contribution in [1.29, 1.82) is 0 Å². The number of hydrogen-bond acceptors (Lipinski definition) is 2. The Balaban J connectivity index is 1.79. The quantitative estimate of drug-likeness (QED) is 0.651. The van der Waals surface area contributed by atoms with Crippen LogP contribution in [0.3, 0.4) is 0 Å². The fraction of sp³-hybridized carbons (Fsp3) is 0. The van der Waals surface area contributed by atoms with Crippen molar-refractivity contribution in [2.75, 3.05) is 0 Å². The van der Waals surface area contributed by atoms with Crippen molar-refractivity contribution in [3.63, 3.8) is 0 Å². The van der Waals surface area contributed by atoms with E-state index < -0.39 is 0 Å². The maximum Gasteiger partial charge on any atom is 0.127 e. The van der Waals surface area contributed by atoms with Gasteiger partial charge >= 0.3 is 0 Å². The number of halogens is 1. The van der Waals surface area contributed by atoms with Crippen molar-refractivity contribution < 1.29 is 4.74 Å². The highest BCUT2D eigenvalue weighted by Gasteiger charge is 2.00. The molecule has 3 aromatic rings. The topological polar surface area (TPSA) is 27.1 Å². The Bertz CT molecular complexity index is 662. The van der Waals surface area contributed by atoms with Crippen LogP contribution >= 0.6 is 22.6 Å². The van der Waals surface area contributed by atoms with Crippen LogP contribution in [-0.2, 0) is 0 Å². The number of nitrogens with zero attached hydrogens (tertiary/aromatic N) is 2. The smallest absolute Gasteiger partial charge is 0.127 e. The first-order valence-corrected chi connectivity index (χ1v) is 6.94. The lowest BCUT2D eigenvalue weighted by Gasteiger charge is -2.06. The summed E-state index contributed by atoms with van der Waals surface area (Å²) >= 11 is 2.19. The Morgan fingerprint density at radius 2 is 1.53 bits per heavy atom. The predicted octanol–water partition coefficient (Wildman–Crippen LogP) is 4.27. The normalized spacial score (nSPS) is 10.4. The summed E-state index contributed by atoms with van der Waals surface area (Å²) in [6, 6.07) is 19.6. The second kappa shape index (κ2) is 5.44. The molecule has 3 rings (SSSR count). The number of rotatable bonds is 3. The standard InChI is InChI=1S/C15H11IN2O/c16-15-10-11-18(17-15)12-6-8-14(9-7-12)19-13-4-2-1-3-5-13/h1-11H. The van der Waals surface area contributed by atoms with Gasteiger partial charge in [0.2, 0.25) is 0 Å². The zero-order valence-corrected chi connectivity index (χ0v) is 12.2. The van der Waals surface area contributed by atoms with Gasteiger partial charge < -0.3 is 4.74 Å². The molecule has 3 nitrogen and oxygen atoms in total. The van der Waals surface area contributed by atoms with Gasteiger partial charge in [0.15, 0.2) is 0 Å². The number of aromatic nitrogens is 2. The number of ether oxygens (including phenoxy) is 1. The first kappa shape index (κ1) is 12.2. The molecular weight excluding hydrogens is 351 g/mol. The molecule has 2 aromatic carbocycles. The molecule has 4 heteroatoms. The molecule has 0 saturated carbocycles. The fourth-order valence-corrected chi connectivity index (χ4v) is 2.13. The molecule has 0 aliphatic heterocycles. The fourth-order valence-electron chi connectivity index (χ4n) is 1.74. The van der Waals surface area contributed by atoms with Crippen LogP contribution in [0.25, 0.3) is 5.69 Å². The van der Waals surface area contributed by atoms with Crippen LogP contribution in [0.5, 0.6) is 11.5 Å². The van der Waals surface area contributed by atoms with Crippen LogP contribution in [0.4, 0.5) is 0 Å². The molecule has 0 atom stereocenters. The van der Waals surface area contributed by atoms with Crippen LogP contribution in [0.15, 0.2) is 66.9 Å². The van der Waals surface area contributed by atoms with E-state index in [9.17, 15) is 0 Å². The molecule has 0 fully saturated rings. The molecule has 0 amide bonds. The predicted molar refractivity (Wildman–Crippen MR) is 82.8 cm³/mol. The summed E-state index contributed by atoms with van der Waals surface area (Å²) in [6.45, 7) is 0. The maximum atomic E-state index is 5.74. The third kappa shape index (κ3) is 2.96. The highest BCUT2D eigenvalue weighted by Crippen LogP contribution is 2.22. The average Bonchev–Trinajstić information content (AvgIpc) is 2.87. The van der Waals surface area contributed by atoms with E-state index in [1.807, 2.05) is 71.5 Å². The SMILES string of the molecule is Ic1ccn(-c2ccc(Oc3ccccc3)cc2)n1. The summed E-state index contributed by atoms with van der Waals surface area (Å²) in [6.07, 6.45) is 1.94. The Morgan fingerprint density at radius 3 is 2.16 bits per heavy atom. The van der Waals surface area contributed by atoms with E-state index in [4.69, 9.17) is 4.74 Å². The molecule has 19 heavy (non-hydrogen) atoms. The van der Waals surface area contributed by atoms with Gasteiger partial charge in [-0.2, -0.15) is 5.10 Å². The lowest BCUT2D eigenvalue weighted by molar-refractivity contribution is 0.482. The van der Waals surface area contributed by atoms with Gasteiger partial charge in [-0.1, -0.05) is 18.2 Å². The first-order chi connectivity index (χ1) is 9.31. The first-order valence-electron chi connectivity index (χ1n) is 5.86. The van der Waals surface area contributed by atoms with Gasteiger partial charge in [-0.05, 0) is 65.1 Å². The number of para-hydroxylation sites is 1. The van der Waals surface area contributed by atoms with Crippen LogP contribution in [0, 0.1) is 3.70 Å². The highest BCUT2D eigenvalue weighted by atomic mass is 127. The van der Waals surface area contributed by atoms with Crippen molar-refractivity contribution in [3.05, 3.63) is 70.6 Å². The van der Waals surface area contributed by atoms with E-state index >= 15 is 0 Å². The summed E-state index contributed by atoms with van der Waals surface area (Å²) in [5.41, 5.74) is 1.02. The molecular formula is C15H11IN2O. The van der Waals surface area contributed by atoms with Gasteiger partial charge in [-0.3, -0.25) is 0 Å². The second-order valence-corrected chi connectivity index (χ2v) is 5.10. The lowest BCUT2D eigenvalue weighted by Crippen LogP contribution is -1.94. The van der Waals surface area contributed by atoms with Crippen molar-refractivity contribution in [2.24, 2.45) is 0 Å². The third-order valence-electron chi connectivity index (χ3n) is 2.64. The molecule has 0 aliphatic carbocycles. The molecule has 0 N–H and O–H groups in total. The van der Waals surface area contributed by atoms with Gasteiger partial charge in [0.05, 0.1) is 5.69 Å². The monoisotopic (exact) mass is 362 g/mol. The van der Waals surface area contributed by atoms with Crippen molar-refractivity contribution in [3.8, 4) is 17.2 Å². The molecule has 0 unspecified atom stereocenters. The second-order valence-electron chi connectivity index (χ2n) is 3.99. The van der Waals surface area contributed by atoms with E-state index in [0.29, 0.717) is 0 Å². The minimum atomic E-state index is 0.816. The minimum Gasteiger partial charge on any atom is -0.457 e. The Hall–Kier alpha value is -1.82. The van der Waals surface area contributed by atoms with Crippen LogP contribution in [0.2, 0.25) is 0 Å². The maximum absolute atomic E-state index is 5.74. The Kier molecular flexibility index (Phi) is 3.50. The van der Waals surface area contributed by atoms with Gasteiger partial charge in [0.25, 0.3) is 0 Å². The number of benzene rings is 2. The molecule has 0 bridgehead atoms. The summed E-state index contributed by atoms with van der Waals surface area (Å²) in [5, 5.41) is 4.36. The molecule has 0 aliphatic rings. The average molecular weight is 362 g/mol. The van der Waals surface area contributed by atoms with Crippen LogP contribution in [-0.4, -0.2) is 9.78 Å². The minimum absolute atomic E-state index is 0.816. The summed E-state index contributed by atoms with van der Waals surface area (Å²) in [5.74, 6) is 1.65. The Morgan fingerprint density at radius 1 is 0.842 bits per heavy atom. The van der Waals surface area contributed by atoms with Gasteiger partial charge in [-0.25, -0.2) is 4.68 Å². The van der Waals surface area contributed by atoms with Gasteiger partial charge in [0.1, 0.15) is 15.2 Å². The molecule has 0 spiro atoms. The summed E-state index contributed by atoms with van der Waals surface area (Å²) < 4.78 is 8.56. The van der Waals surface area contributed by atoms with Gasteiger partial charge in [-0.15, -0.1) is 0 Å². The summed E-state index contributed by atoms with van der Waals surface area (Å²) in [4.78, 5) is 0. The molecule has 94 valence electrons. The van der Waals surface area contributed by atoms with E-state index in [2.05, 4.69) is 27.7 Å². The zero-order chi connectivity index (χ0) is 13.1. The van der Waals surface area contributed by atoms with E-state index in [1.54, 1.807) is 0 Å². The van der Waals surface area contributed by atoms with Gasteiger partial charge in [0, 0.05) is 6.20 Å². The largest absolute Gasteiger partial charge is 0.457 e. The van der Waals surface area contributed by atoms with Crippen molar-refractivity contribution in [2.45, 2.75) is 0 Å². The van der Waals surface area contributed by atoms with Crippen LogP contribution in [0.1, 0.15) is 0 Å². The summed E-state index contributed by atoms with van der Waals surface area (Å²) in [7, 11) is 0. The molecule has 0 radical (unpaired) electrons. The van der Waals surface area contributed by atoms with E-state index in [0.717, 1.165) is 20.9 Å². The third-order valence-corrected chi connectivity index (χ3v) is 3.21. The van der Waals surface area contributed by atoms with E-state index in [1.165, 1.54) is 0 Å². The van der Waals surface area contributed by atoms with E-state index in [-0.39, 0.29) is 0 Å². The molecule has 0 saturated heterocycles. The Labute approximate surface area is 125 Å². The van der Waals surface area contributed by atoms with Crippen molar-refractivity contribution >= 4 is 22.6 Å². The molecule has 1 aromatic heterocycles. The number of hydrogen-bond donors (Lipinski definition) is 0. The lowest BCUT2D eigenvalue weighted by atomic mass is 10.3. The van der Waals surface area contributed by atoms with Crippen LogP contribution < -0.4 is 4.74 Å². The zero-order valence-electron chi connectivity index (χ0n) is 10.0. The highest BCUT2D eigenvalue weighted by molar-refractivity contribution is 14.1. The van der Waals surface area contributed by atoms with Crippen molar-refractivity contribution in [1.82, 2.24) is 9.78 Å².